The quantitative estimate of drug-likeness (QED) is 0.856. The molecule has 1 heterocycles. The first-order valence-corrected chi connectivity index (χ1v) is 6.32. The van der Waals surface area contributed by atoms with Gasteiger partial charge in [-0.2, -0.15) is 0 Å². The molecule has 1 N–H and O–H groups in total. The Morgan fingerprint density at radius 3 is 2.83 bits per heavy atom. The summed E-state index contributed by atoms with van der Waals surface area (Å²) in [5.41, 5.74) is 1.16. The Morgan fingerprint density at radius 1 is 1.44 bits per heavy atom. The monoisotopic (exact) mass is 316 g/mol. The predicted molar refractivity (Wildman–Crippen MR) is 66.2 cm³/mol. The highest BCUT2D eigenvalue weighted by Crippen LogP contribution is 2.30. The van der Waals surface area contributed by atoms with E-state index in [1.165, 1.54) is 0 Å². The average molecular weight is 317 g/mol. The van der Waals surface area contributed by atoms with Crippen LogP contribution in [-0.2, 0) is 14.2 Å². The average Bonchev–Trinajstić information content (AvgIpc) is 2.90. The van der Waals surface area contributed by atoms with Gasteiger partial charge in [0.2, 0.25) is 0 Å². The molecule has 0 atom stereocenters. The lowest BCUT2D eigenvalue weighted by molar-refractivity contribution is -0.0446. The first kappa shape index (κ1) is 13.5. The van der Waals surface area contributed by atoms with Gasteiger partial charge in [0.15, 0.2) is 6.29 Å². The molecule has 2 rings (SSSR count). The van der Waals surface area contributed by atoms with Crippen molar-refractivity contribution in [3.05, 3.63) is 33.8 Å². The minimum Gasteiger partial charge on any atom is -0.460 e. The van der Waals surface area contributed by atoms with Crippen LogP contribution in [0.15, 0.2) is 22.7 Å². The fourth-order valence-electron chi connectivity index (χ4n) is 1.61. The molecule has 5 nitrogen and oxygen atoms in total. The summed E-state index contributed by atoms with van der Waals surface area (Å²) in [6, 6.07) is 5.05. The Bertz CT molecular complexity index is 428. The van der Waals surface area contributed by atoms with Gasteiger partial charge in [-0.05, 0) is 18.2 Å². The third-order valence-electron chi connectivity index (χ3n) is 2.43. The third-order valence-corrected chi connectivity index (χ3v) is 3.15. The molecule has 0 aliphatic carbocycles. The summed E-state index contributed by atoms with van der Waals surface area (Å²) in [4.78, 5) is 11.7. The number of esters is 1. The second kappa shape index (κ2) is 6.29. The molecule has 0 saturated carbocycles. The Labute approximate surface area is 113 Å². The zero-order valence-corrected chi connectivity index (χ0v) is 11.2. The maximum absolute atomic E-state index is 11.7. The van der Waals surface area contributed by atoms with Gasteiger partial charge in [0.1, 0.15) is 6.61 Å². The lowest BCUT2D eigenvalue weighted by Gasteiger charge is -2.12. The minimum atomic E-state index is -0.476. The molecular formula is C12H13BrO5. The van der Waals surface area contributed by atoms with Crippen LogP contribution in [0.3, 0.4) is 0 Å². The van der Waals surface area contributed by atoms with Crippen LogP contribution in [0.1, 0.15) is 22.2 Å². The maximum Gasteiger partial charge on any atom is 0.338 e. The zero-order valence-electron chi connectivity index (χ0n) is 9.60. The number of benzene rings is 1. The molecule has 0 amide bonds. The van der Waals surface area contributed by atoms with Gasteiger partial charge in [0, 0.05) is 10.0 Å². The molecule has 1 saturated heterocycles. The van der Waals surface area contributed by atoms with Gasteiger partial charge in [0.05, 0.1) is 25.4 Å². The van der Waals surface area contributed by atoms with Gasteiger partial charge in [-0.1, -0.05) is 15.9 Å². The van der Waals surface area contributed by atoms with Crippen LogP contribution in [0.4, 0.5) is 0 Å². The highest BCUT2D eigenvalue weighted by atomic mass is 79.9. The minimum absolute atomic E-state index is 0.0132. The standard InChI is InChI=1S/C12H13BrO5/c13-10-2-1-8(11(15)16-4-3-14)7-9(10)12-17-5-6-18-12/h1-2,7,12,14H,3-6H2. The molecule has 1 aromatic rings. The SMILES string of the molecule is O=C(OCCO)c1ccc(Br)c(C2OCCO2)c1. The summed E-state index contributed by atoms with van der Waals surface area (Å²) >= 11 is 3.39. The van der Waals surface area contributed by atoms with Crippen molar-refractivity contribution >= 4 is 21.9 Å². The molecule has 0 bridgehead atoms. The number of aliphatic hydroxyl groups is 1. The molecule has 0 aromatic heterocycles. The first-order chi connectivity index (χ1) is 8.72. The van der Waals surface area contributed by atoms with Gasteiger partial charge < -0.3 is 19.3 Å². The maximum atomic E-state index is 11.7. The number of carbonyl (C=O) groups is 1. The Balaban J connectivity index is 2.17. The van der Waals surface area contributed by atoms with Crippen molar-refractivity contribution in [2.24, 2.45) is 0 Å². The highest BCUT2D eigenvalue weighted by molar-refractivity contribution is 9.10. The van der Waals surface area contributed by atoms with Crippen molar-refractivity contribution in [1.82, 2.24) is 0 Å². The molecular weight excluding hydrogens is 304 g/mol. The molecule has 0 radical (unpaired) electrons. The van der Waals surface area contributed by atoms with Crippen LogP contribution >= 0.6 is 15.9 Å². The van der Waals surface area contributed by atoms with Crippen molar-refractivity contribution in [1.29, 1.82) is 0 Å². The number of ether oxygens (including phenoxy) is 3. The van der Waals surface area contributed by atoms with E-state index in [1.807, 2.05) is 0 Å². The molecule has 0 spiro atoms. The molecule has 18 heavy (non-hydrogen) atoms. The number of hydrogen-bond donors (Lipinski definition) is 1. The van der Waals surface area contributed by atoms with E-state index in [4.69, 9.17) is 19.3 Å². The van der Waals surface area contributed by atoms with E-state index in [1.54, 1.807) is 18.2 Å². The predicted octanol–water partition coefficient (Wildman–Crippen LogP) is 1.64. The molecule has 1 fully saturated rings. The fraction of sp³-hybridized carbons (Fsp3) is 0.417. The van der Waals surface area contributed by atoms with Gasteiger partial charge in [-0.25, -0.2) is 4.79 Å². The first-order valence-electron chi connectivity index (χ1n) is 5.53. The number of rotatable bonds is 4. The Morgan fingerprint density at radius 2 is 2.17 bits per heavy atom. The Kier molecular flexibility index (Phi) is 4.71. The van der Waals surface area contributed by atoms with Crippen molar-refractivity contribution in [2.45, 2.75) is 6.29 Å². The van der Waals surface area contributed by atoms with E-state index in [0.29, 0.717) is 18.8 Å². The third kappa shape index (κ3) is 3.08. The van der Waals surface area contributed by atoms with Crippen molar-refractivity contribution in [3.63, 3.8) is 0 Å². The molecule has 1 aliphatic rings. The number of carbonyl (C=O) groups excluding carboxylic acids is 1. The molecule has 98 valence electrons. The fourth-order valence-corrected chi connectivity index (χ4v) is 2.04. The van der Waals surface area contributed by atoms with Gasteiger partial charge in [-0.3, -0.25) is 0 Å². The smallest absolute Gasteiger partial charge is 0.338 e. The molecule has 1 aliphatic heterocycles. The van der Waals surface area contributed by atoms with E-state index in [0.717, 1.165) is 10.0 Å². The topological polar surface area (TPSA) is 65.0 Å². The highest BCUT2D eigenvalue weighted by Gasteiger charge is 2.22. The van der Waals surface area contributed by atoms with E-state index >= 15 is 0 Å². The normalized spacial score (nSPS) is 15.9. The number of halogens is 1. The van der Waals surface area contributed by atoms with Crippen LogP contribution in [0.5, 0.6) is 0 Å². The summed E-state index contributed by atoms with van der Waals surface area (Å²) < 4.78 is 16.4. The van der Waals surface area contributed by atoms with Crippen LogP contribution in [0.25, 0.3) is 0 Å². The Hall–Kier alpha value is -0.950. The summed E-state index contributed by atoms with van der Waals surface area (Å²) in [5, 5.41) is 8.61. The van der Waals surface area contributed by atoms with Crippen LogP contribution < -0.4 is 0 Å². The number of aliphatic hydroxyl groups excluding tert-OH is 1. The second-order valence-electron chi connectivity index (χ2n) is 3.67. The van der Waals surface area contributed by atoms with Crippen molar-refractivity contribution in [2.75, 3.05) is 26.4 Å². The molecule has 1 aromatic carbocycles. The molecule has 0 unspecified atom stereocenters. The number of hydrogen-bond acceptors (Lipinski definition) is 5. The second-order valence-corrected chi connectivity index (χ2v) is 4.52. The van der Waals surface area contributed by atoms with E-state index < -0.39 is 12.3 Å². The van der Waals surface area contributed by atoms with Crippen LogP contribution in [0, 0.1) is 0 Å². The van der Waals surface area contributed by atoms with Gasteiger partial charge in [0.25, 0.3) is 0 Å². The summed E-state index contributed by atoms with van der Waals surface area (Å²) in [6.07, 6.45) is -0.454. The van der Waals surface area contributed by atoms with Crippen LogP contribution in [0.2, 0.25) is 0 Å². The lowest BCUT2D eigenvalue weighted by atomic mass is 10.1. The summed E-state index contributed by atoms with van der Waals surface area (Å²) in [5.74, 6) is -0.476. The summed E-state index contributed by atoms with van der Waals surface area (Å²) in [6.45, 7) is 0.872. The van der Waals surface area contributed by atoms with Gasteiger partial charge >= 0.3 is 5.97 Å². The molecule has 6 heteroatoms. The van der Waals surface area contributed by atoms with E-state index in [-0.39, 0.29) is 13.2 Å². The zero-order chi connectivity index (χ0) is 13.0. The van der Waals surface area contributed by atoms with E-state index in [2.05, 4.69) is 15.9 Å². The van der Waals surface area contributed by atoms with E-state index in [9.17, 15) is 4.79 Å². The lowest BCUT2D eigenvalue weighted by Crippen LogP contribution is -2.10. The largest absolute Gasteiger partial charge is 0.460 e. The van der Waals surface area contributed by atoms with Crippen molar-refractivity contribution < 1.29 is 24.1 Å². The van der Waals surface area contributed by atoms with Crippen molar-refractivity contribution in [3.8, 4) is 0 Å². The van der Waals surface area contributed by atoms with Crippen LogP contribution in [-0.4, -0.2) is 37.5 Å². The van der Waals surface area contributed by atoms with Gasteiger partial charge in [-0.15, -0.1) is 0 Å². The summed E-state index contributed by atoms with van der Waals surface area (Å²) in [7, 11) is 0.